The summed E-state index contributed by atoms with van der Waals surface area (Å²) in [5.74, 6) is -1.34. The van der Waals surface area contributed by atoms with Gasteiger partial charge in [0, 0.05) is 5.92 Å². The maximum Gasteiger partial charge on any atom is 0.311 e. The van der Waals surface area contributed by atoms with Crippen LogP contribution in [0.25, 0.3) is 0 Å². The summed E-state index contributed by atoms with van der Waals surface area (Å²) in [6.07, 6.45) is -2.15. The summed E-state index contributed by atoms with van der Waals surface area (Å²) in [4.78, 5) is 11.2. The molecule has 0 aromatic rings. The lowest BCUT2D eigenvalue weighted by molar-refractivity contribution is -0.156. The number of aliphatic hydroxyl groups excluding tert-OH is 2. The lowest BCUT2D eigenvalue weighted by Crippen LogP contribution is -2.36. The Balaban J connectivity index is 2.85. The third-order valence-electron chi connectivity index (χ3n) is 2.74. The number of cyclic esters (lactones) is 1. The Morgan fingerprint density at radius 1 is 1.15 bits per heavy atom. The van der Waals surface area contributed by atoms with Crippen LogP contribution in [0, 0.1) is 11.8 Å². The molecule has 2 N–H and O–H groups in total. The molecule has 5 atom stereocenters. The summed E-state index contributed by atoms with van der Waals surface area (Å²) in [6.45, 7) is 4.95. The van der Waals surface area contributed by atoms with Gasteiger partial charge in [-0.3, -0.25) is 4.79 Å². The average molecular weight is 188 g/mol. The molecule has 1 rings (SSSR count). The molecule has 1 heterocycles. The van der Waals surface area contributed by atoms with Crippen LogP contribution in [0.2, 0.25) is 0 Å². The van der Waals surface area contributed by atoms with Crippen molar-refractivity contribution >= 4 is 5.97 Å². The maximum absolute atomic E-state index is 11.2. The standard InChI is InChI=1S/C9H16O4/c1-4-7(10)5(2)9(12)13-6(3)8(4)11/h4-8,10-11H,1-3H3/t4-,5+,6?,7-,8+/m0/s1. The Kier molecular flexibility index (Phi) is 2.93. The topological polar surface area (TPSA) is 66.8 Å². The van der Waals surface area contributed by atoms with Gasteiger partial charge in [-0.25, -0.2) is 0 Å². The predicted molar refractivity (Wildman–Crippen MR) is 45.9 cm³/mol. The largest absolute Gasteiger partial charge is 0.460 e. The van der Waals surface area contributed by atoms with E-state index in [1.165, 1.54) is 0 Å². The normalized spacial score (nSPS) is 46.8. The molecule has 1 aliphatic rings. The van der Waals surface area contributed by atoms with Crippen LogP contribution in [0.4, 0.5) is 0 Å². The number of esters is 1. The molecule has 0 aliphatic carbocycles. The van der Waals surface area contributed by atoms with Crippen LogP contribution in [-0.4, -0.2) is 34.5 Å². The van der Waals surface area contributed by atoms with Gasteiger partial charge in [-0.05, 0) is 13.8 Å². The summed E-state index contributed by atoms with van der Waals surface area (Å²) in [5.41, 5.74) is 0. The SMILES string of the molecule is CC1OC(=O)[C@H](C)[C@@H](O)[C@H](C)[C@H]1O. The van der Waals surface area contributed by atoms with Crippen molar-refractivity contribution in [2.45, 2.75) is 39.1 Å². The van der Waals surface area contributed by atoms with E-state index in [4.69, 9.17) is 4.74 Å². The molecule has 76 valence electrons. The zero-order valence-electron chi connectivity index (χ0n) is 8.10. The van der Waals surface area contributed by atoms with Gasteiger partial charge in [0.2, 0.25) is 0 Å². The number of rotatable bonds is 0. The molecular formula is C9H16O4. The Morgan fingerprint density at radius 3 is 2.23 bits per heavy atom. The smallest absolute Gasteiger partial charge is 0.311 e. The summed E-state index contributed by atoms with van der Waals surface area (Å²) < 4.78 is 4.93. The van der Waals surface area contributed by atoms with Gasteiger partial charge >= 0.3 is 5.97 Å². The molecule has 0 aromatic carbocycles. The maximum atomic E-state index is 11.2. The van der Waals surface area contributed by atoms with E-state index in [2.05, 4.69) is 0 Å². The first-order chi connectivity index (χ1) is 5.95. The Hall–Kier alpha value is -0.610. The Bertz CT molecular complexity index is 204. The molecule has 0 radical (unpaired) electrons. The van der Waals surface area contributed by atoms with E-state index < -0.39 is 30.2 Å². The van der Waals surface area contributed by atoms with Crippen LogP contribution < -0.4 is 0 Å². The van der Waals surface area contributed by atoms with Gasteiger partial charge in [-0.2, -0.15) is 0 Å². The second-order valence-corrected chi connectivity index (χ2v) is 3.77. The molecule has 0 spiro atoms. The van der Waals surface area contributed by atoms with E-state index in [1.54, 1.807) is 20.8 Å². The van der Waals surface area contributed by atoms with Crippen molar-refractivity contribution in [3.8, 4) is 0 Å². The third kappa shape index (κ3) is 1.84. The minimum Gasteiger partial charge on any atom is -0.460 e. The van der Waals surface area contributed by atoms with Crippen LogP contribution in [-0.2, 0) is 9.53 Å². The lowest BCUT2D eigenvalue weighted by atomic mass is 9.89. The molecule has 1 saturated heterocycles. The average Bonchev–Trinajstić information content (AvgIpc) is 2.15. The predicted octanol–water partition coefficient (Wildman–Crippen LogP) is -0.0743. The molecule has 1 aliphatic heterocycles. The molecule has 4 heteroatoms. The fourth-order valence-corrected chi connectivity index (χ4v) is 1.58. The molecule has 0 amide bonds. The van der Waals surface area contributed by atoms with Gasteiger partial charge in [-0.1, -0.05) is 6.92 Å². The van der Waals surface area contributed by atoms with Crippen LogP contribution in [0.3, 0.4) is 0 Å². The van der Waals surface area contributed by atoms with Crippen LogP contribution in [0.15, 0.2) is 0 Å². The van der Waals surface area contributed by atoms with E-state index in [0.717, 1.165) is 0 Å². The van der Waals surface area contributed by atoms with Crippen molar-refractivity contribution in [1.82, 2.24) is 0 Å². The van der Waals surface area contributed by atoms with Crippen molar-refractivity contribution in [3.63, 3.8) is 0 Å². The zero-order chi connectivity index (χ0) is 10.2. The van der Waals surface area contributed by atoms with Crippen LogP contribution in [0.1, 0.15) is 20.8 Å². The molecule has 13 heavy (non-hydrogen) atoms. The van der Waals surface area contributed by atoms with Gasteiger partial charge in [-0.15, -0.1) is 0 Å². The first-order valence-electron chi connectivity index (χ1n) is 4.51. The van der Waals surface area contributed by atoms with Crippen molar-refractivity contribution in [2.24, 2.45) is 11.8 Å². The lowest BCUT2D eigenvalue weighted by Gasteiger charge is -2.23. The van der Waals surface area contributed by atoms with E-state index in [-0.39, 0.29) is 5.92 Å². The second-order valence-electron chi connectivity index (χ2n) is 3.77. The van der Waals surface area contributed by atoms with Gasteiger partial charge in [0.1, 0.15) is 6.10 Å². The quantitative estimate of drug-likeness (QED) is 0.522. The minimum atomic E-state index is -0.826. The first kappa shape index (κ1) is 10.5. The molecular weight excluding hydrogens is 172 g/mol. The highest BCUT2D eigenvalue weighted by atomic mass is 16.6. The molecule has 1 fully saturated rings. The number of carbonyl (C=O) groups excluding carboxylic acids is 1. The van der Waals surface area contributed by atoms with Gasteiger partial charge < -0.3 is 14.9 Å². The van der Waals surface area contributed by atoms with Crippen LogP contribution >= 0.6 is 0 Å². The van der Waals surface area contributed by atoms with E-state index in [1.807, 2.05) is 0 Å². The first-order valence-corrected chi connectivity index (χ1v) is 4.51. The second kappa shape index (κ2) is 3.64. The van der Waals surface area contributed by atoms with Crippen molar-refractivity contribution in [2.75, 3.05) is 0 Å². The van der Waals surface area contributed by atoms with Gasteiger partial charge in [0.05, 0.1) is 18.1 Å². The molecule has 0 bridgehead atoms. The van der Waals surface area contributed by atoms with E-state index in [9.17, 15) is 15.0 Å². The zero-order valence-corrected chi connectivity index (χ0v) is 8.10. The summed E-state index contributed by atoms with van der Waals surface area (Å²) in [6, 6.07) is 0. The van der Waals surface area contributed by atoms with E-state index >= 15 is 0 Å². The highest BCUT2D eigenvalue weighted by Gasteiger charge is 2.39. The summed E-state index contributed by atoms with van der Waals surface area (Å²) in [7, 11) is 0. The minimum absolute atomic E-state index is 0.337. The summed E-state index contributed by atoms with van der Waals surface area (Å²) >= 11 is 0. The van der Waals surface area contributed by atoms with Crippen molar-refractivity contribution in [1.29, 1.82) is 0 Å². The Morgan fingerprint density at radius 2 is 1.69 bits per heavy atom. The molecule has 4 nitrogen and oxygen atoms in total. The van der Waals surface area contributed by atoms with E-state index in [0.29, 0.717) is 0 Å². The Labute approximate surface area is 77.5 Å². The fraction of sp³-hybridized carbons (Fsp3) is 0.889. The molecule has 0 saturated carbocycles. The van der Waals surface area contributed by atoms with Crippen molar-refractivity contribution in [3.05, 3.63) is 0 Å². The third-order valence-corrected chi connectivity index (χ3v) is 2.74. The number of aliphatic hydroxyl groups is 2. The van der Waals surface area contributed by atoms with Gasteiger partial charge in [0.25, 0.3) is 0 Å². The van der Waals surface area contributed by atoms with Crippen LogP contribution in [0.5, 0.6) is 0 Å². The monoisotopic (exact) mass is 188 g/mol. The number of hydrogen-bond donors (Lipinski definition) is 2. The summed E-state index contributed by atoms with van der Waals surface area (Å²) in [5, 5.41) is 19.2. The van der Waals surface area contributed by atoms with Gasteiger partial charge in [0.15, 0.2) is 0 Å². The highest BCUT2D eigenvalue weighted by Crippen LogP contribution is 2.25. The fourth-order valence-electron chi connectivity index (χ4n) is 1.58. The van der Waals surface area contributed by atoms with Crippen molar-refractivity contribution < 1.29 is 19.7 Å². The highest BCUT2D eigenvalue weighted by molar-refractivity contribution is 5.73. The number of carbonyl (C=O) groups is 1. The molecule has 0 aromatic heterocycles. The number of ether oxygens (including phenoxy) is 1. The molecule has 1 unspecified atom stereocenters. The number of hydrogen-bond acceptors (Lipinski definition) is 4.